The van der Waals surface area contributed by atoms with Crippen molar-refractivity contribution >= 4 is 39.5 Å². The fraction of sp³-hybridized carbons (Fsp3) is 0.946. The lowest BCUT2D eigenvalue weighted by Gasteiger charge is -2.21. The summed E-state index contributed by atoms with van der Waals surface area (Å²) in [4.78, 5) is 72.7. The van der Waals surface area contributed by atoms with Gasteiger partial charge in [0, 0.05) is 25.7 Å². The van der Waals surface area contributed by atoms with Gasteiger partial charge in [-0.15, -0.1) is 0 Å². The van der Waals surface area contributed by atoms with E-state index >= 15 is 0 Å². The zero-order valence-corrected chi connectivity index (χ0v) is 62.7. The van der Waals surface area contributed by atoms with Crippen LogP contribution in [0.2, 0.25) is 0 Å². The van der Waals surface area contributed by atoms with E-state index in [0.29, 0.717) is 31.6 Å². The Bertz CT molecular complexity index is 1840. The summed E-state index contributed by atoms with van der Waals surface area (Å²) in [5, 5.41) is 10.6. The van der Waals surface area contributed by atoms with Crippen LogP contribution in [0.1, 0.15) is 370 Å². The third kappa shape index (κ3) is 65.8. The van der Waals surface area contributed by atoms with Gasteiger partial charge in [0.05, 0.1) is 26.4 Å². The second kappa shape index (κ2) is 63.5. The van der Waals surface area contributed by atoms with Crippen LogP contribution in [0.25, 0.3) is 0 Å². The summed E-state index contributed by atoms with van der Waals surface area (Å²) in [6.45, 7) is 14.2. The van der Waals surface area contributed by atoms with Gasteiger partial charge in [-0.3, -0.25) is 37.3 Å². The van der Waals surface area contributed by atoms with Crippen LogP contribution < -0.4 is 0 Å². The molecule has 0 fully saturated rings. The highest BCUT2D eigenvalue weighted by Gasteiger charge is 2.30. The molecular weight excluding hydrogens is 1220 g/mol. The van der Waals surface area contributed by atoms with Crippen molar-refractivity contribution in [3.63, 3.8) is 0 Å². The third-order valence-electron chi connectivity index (χ3n) is 17.8. The van der Waals surface area contributed by atoms with Crippen molar-refractivity contribution in [1.29, 1.82) is 0 Å². The number of aliphatic hydroxyl groups is 1. The van der Waals surface area contributed by atoms with Crippen LogP contribution in [0.15, 0.2) is 0 Å². The van der Waals surface area contributed by atoms with E-state index in [2.05, 4.69) is 55.4 Å². The first-order valence-electron chi connectivity index (χ1n) is 38.3. The average molecular weight is 1370 g/mol. The molecule has 0 aliphatic heterocycles. The van der Waals surface area contributed by atoms with E-state index in [0.717, 1.165) is 114 Å². The van der Waals surface area contributed by atoms with E-state index in [1.54, 1.807) is 0 Å². The Balaban J connectivity index is 5.26. The number of hydrogen-bond donors (Lipinski definition) is 3. The van der Waals surface area contributed by atoms with Gasteiger partial charge < -0.3 is 33.8 Å². The lowest BCUT2D eigenvalue weighted by Crippen LogP contribution is -2.30. The van der Waals surface area contributed by atoms with E-state index in [1.165, 1.54) is 167 Å². The summed E-state index contributed by atoms with van der Waals surface area (Å²) in [5.74, 6) is 0.954. The van der Waals surface area contributed by atoms with Crippen molar-refractivity contribution in [1.82, 2.24) is 0 Å². The van der Waals surface area contributed by atoms with Gasteiger partial charge in [0.25, 0.3) is 0 Å². The summed E-state index contributed by atoms with van der Waals surface area (Å²) in [6, 6.07) is 0. The number of phosphoric acid groups is 2. The zero-order valence-electron chi connectivity index (χ0n) is 60.9. The Hall–Kier alpha value is -1.94. The molecule has 0 aliphatic rings. The number of hydrogen-bond acceptors (Lipinski definition) is 15. The average Bonchev–Trinajstić information content (AvgIpc) is 2.70. The van der Waals surface area contributed by atoms with E-state index in [9.17, 15) is 43.2 Å². The summed E-state index contributed by atoms with van der Waals surface area (Å²) in [7, 11) is -9.91. The monoisotopic (exact) mass is 1370 g/mol. The first-order valence-corrected chi connectivity index (χ1v) is 41.3. The number of ether oxygens (including phenoxy) is 4. The Kier molecular flexibility index (Phi) is 62.2. The van der Waals surface area contributed by atoms with Crippen LogP contribution >= 0.6 is 15.6 Å². The van der Waals surface area contributed by atoms with Crippen LogP contribution in [0.5, 0.6) is 0 Å². The van der Waals surface area contributed by atoms with Crippen molar-refractivity contribution < 1.29 is 80.2 Å². The number of unbranched alkanes of at least 4 members (excludes halogenated alkanes) is 35. The van der Waals surface area contributed by atoms with Crippen LogP contribution in [0.3, 0.4) is 0 Å². The molecule has 0 spiro atoms. The predicted molar refractivity (Wildman–Crippen MR) is 377 cm³/mol. The number of aliphatic hydroxyl groups excluding tert-OH is 1. The number of carbonyl (C=O) groups is 4. The number of esters is 4. The molecule has 5 unspecified atom stereocenters. The highest BCUT2D eigenvalue weighted by Crippen LogP contribution is 2.45. The molecule has 17 nitrogen and oxygen atoms in total. The second-order valence-corrected chi connectivity index (χ2v) is 31.0. The van der Waals surface area contributed by atoms with Gasteiger partial charge >= 0.3 is 39.5 Å². The third-order valence-corrected chi connectivity index (χ3v) is 19.7. The topological polar surface area (TPSA) is 237 Å². The smallest absolute Gasteiger partial charge is 0.462 e. The number of carbonyl (C=O) groups excluding carboxylic acids is 4. The largest absolute Gasteiger partial charge is 0.472 e. The Morgan fingerprint density at radius 2 is 0.516 bits per heavy atom. The molecule has 0 aromatic rings. The normalized spacial score (nSPS) is 14.8. The van der Waals surface area contributed by atoms with Gasteiger partial charge in [-0.1, -0.05) is 319 Å². The van der Waals surface area contributed by atoms with Crippen molar-refractivity contribution in [3.8, 4) is 0 Å². The highest BCUT2D eigenvalue weighted by atomic mass is 31.2. The van der Waals surface area contributed by atoms with Crippen LogP contribution in [0.4, 0.5) is 0 Å². The molecule has 0 aromatic carbocycles. The molecule has 93 heavy (non-hydrogen) atoms. The molecule has 3 N–H and O–H groups in total. The summed E-state index contributed by atoms with van der Waals surface area (Å²) in [6.07, 6.45) is 47.1. The van der Waals surface area contributed by atoms with E-state index in [4.69, 9.17) is 37.0 Å². The summed E-state index contributed by atoms with van der Waals surface area (Å²) < 4.78 is 68.4. The van der Waals surface area contributed by atoms with Gasteiger partial charge in [-0.2, -0.15) is 0 Å². The molecule has 0 saturated carbocycles. The molecule has 0 radical (unpaired) electrons. The minimum Gasteiger partial charge on any atom is -0.462 e. The number of phosphoric ester groups is 2. The molecular formula is C74H144O17P2. The lowest BCUT2D eigenvalue weighted by molar-refractivity contribution is -0.161. The minimum absolute atomic E-state index is 0.104. The summed E-state index contributed by atoms with van der Waals surface area (Å²) in [5.41, 5.74) is 0. The summed E-state index contributed by atoms with van der Waals surface area (Å²) >= 11 is 0. The molecule has 0 aliphatic carbocycles. The molecule has 0 amide bonds. The molecule has 0 rings (SSSR count). The minimum atomic E-state index is -4.96. The molecule has 0 aromatic heterocycles. The quantitative estimate of drug-likeness (QED) is 0.0222. The van der Waals surface area contributed by atoms with Crippen molar-refractivity contribution in [2.45, 2.75) is 388 Å². The van der Waals surface area contributed by atoms with Crippen molar-refractivity contribution in [2.24, 2.45) is 23.7 Å². The standard InChI is InChI=1S/C74H144O17P2/c1-9-66(7)52-44-36-28-20-17-18-21-30-38-46-54-71(76)84-60-69(90-73(78)56-48-40-31-22-16-14-12-11-13-15-19-26-34-42-50-64(3)4)62-88-92(80,81)86-58-68(75)59-87-93(82,83)89-63-70(61-85-72(77)55-47-39-33-25-27-35-43-51-65(5)6)91-74(79)57-49-41-32-24-23-29-37-45-53-67(8)10-2/h64-70,75H,9-63H2,1-8H3,(H,80,81)(H,82,83)/t66?,67?,68?,69-,70-/m1/s1. The second-order valence-electron chi connectivity index (χ2n) is 28.1. The maximum Gasteiger partial charge on any atom is 0.472 e. The Morgan fingerprint density at radius 3 is 0.763 bits per heavy atom. The van der Waals surface area contributed by atoms with Gasteiger partial charge in [0.2, 0.25) is 0 Å². The zero-order chi connectivity index (χ0) is 68.9. The molecule has 0 bridgehead atoms. The maximum atomic E-state index is 13.1. The first kappa shape index (κ1) is 91.1. The first-order chi connectivity index (χ1) is 44.7. The molecule has 0 saturated heterocycles. The van der Waals surface area contributed by atoms with E-state index in [-0.39, 0.29) is 25.7 Å². The molecule has 0 heterocycles. The fourth-order valence-electron chi connectivity index (χ4n) is 11.1. The van der Waals surface area contributed by atoms with E-state index in [1.807, 2.05) is 0 Å². The Labute approximate surface area is 568 Å². The Morgan fingerprint density at radius 1 is 0.301 bits per heavy atom. The van der Waals surface area contributed by atoms with Crippen LogP contribution in [-0.2, 0) is 65.4 Å². The van der Waals surface area contributed by atoms with Gasteiger partial charge in [0.1, 0.15) is 19.3 Å². The SMILES string of the molecule is CCC(C)CCCCCCCCCCCCC(=O)OC[C@H](COP(=O)(O)OCC(O)COP(=O)(O)OC[C@@H](COC(=O)CCCCCCCCCC(C)C)OC(=O)CCCCCCCCCCC(C)CC)OC(=O)CCCCCCCCCCCCCCCCC(C)C. The number of rotatable bonds is 71. The van der Waals surface area contributed by atoms with Crippen molar-refractivity contribution in [2.75, 3.05) is 39.6 Å². The van der Waals surface area contributed by atoms with Gasteiger partial charge in [0.15, 0.2) is 12.2 Å². The fourth-order valence-corrected chi connectivity index (χ4v) is 12.7. The van der Waals surface area contributed by atoms with Crippen LogP contribution in [-0.4, -0.2) is 96.7 Å². The van der Waals surface area contributed by atoms with Gasteiger partial charge in [-0.25, -0.2) is 9.13 Å². The highest BCUT2D eigenvalue weighted by molar-refractivity contribution is 7.47. The van der Waals surface area contributed by atoms with Crippen molar-refractivity contribution in [3.05, 3.63) is 0 Å². The van der Waals surface area contributed by atoms with E-state index < -0.39 is 97.5 Å². The maximum absolute atomic E-state index is 13.1. The molecule has 19 heteroatoms. The molecule has 552 valence electrons. The predicted octanol–water partition coefficient (Wildman–Crippen LogP) is 21.3. The lowest BCUT2D eigenvalue weighted by atomic mass is 9.99. The van der Waals surface area contributed by atoms with Crippen LogP contribution in [0, 0.1) is 23.7 Å². The van der Waals surface area contributed by atoms with Gasteiger partial charge in [-0.05, 0) is 49.4 Å². The molecule has 7 atom stereocenters.